The lowest BCUT2D eigenvalue weighted by Crippen LogP contribution is -2.32. The van der Waals surface area contributed by atoms with Gasteiger partial charge in [0, 0.05) is 30.8 Å². The lowest BCUT2D eigenvalue weighted by Gasteiger charge is -2.21. The van der Waals surface area contributed by atoms with Crippen molar-refractivity contribution in [1.29, 1.82) is 0 Å². The number of hydrogen-bond acceptors (Lipinski definition) is 2. The van der Waals surface area contributed by atoms with Crippen molar-refractivity contribution in [2.24, 2.45) is 0 Å². The topological polar surface area (TPSA) is 49.4 Å². The molecule has 1 aromatic carbocycles. The van der Waals surface area contributed by atoms with E-state index in [0.717, 1.165) is 38.8 Å². The van der Waals surface area contributed by atoms with Gasteiger partial charge >= 0.3 is 0 Å². The maximum Gasteiger partial charge on any atom is 0.253 e. The van der Waals surface area contributed by atoms with Crippen molar-refractivity contribution < 1.29 is 9.59 Å². The van der Waals surface area contributed by atoms with Crippen LogP contribution in [0.3, 0.4) is 0 Å². The number of rotatable bonds is 9. The van der Waals surface area contributed by atoms with Crippen LogP contribution in [0.25, 0.3) is 0 Å². The smallest absolute Gasteiger partial charge is 0.253 e. The van der Waals surface area contributed by atoms with Gasteiger partial charge in [-0.05, 0) is 43.5 Å². The number of unbranched alkanes of at least 4 members (excludes halogenated alkanes) is 1. The Labute approximate surface area is 133 Å². The molecular formula is C18H28N2O2. The first-order chi connectivity index (χ1) is 10.6. The molecule has 1 aromatic rings. The van der Waals surface area contributed by atoms with Crippen LogP contribution in [0, 0.1) is 0 Å². The lowest BCUT2D eigenvalue weighted by atomic mass is 10.1. The Hall–Kier alpha value is -1.84. The van der Waals surface area contributed by atoms with Crippen LogP contribution in [0.5, 0.6) is 0 Å². The number of amides is 2. The molecule has 0 aliphatic heterocycles. The van der Waals surface area contributed by atoms with Gasteiger partial charge in [0.2, 0.25) is 0 Å². The molecule has 22 heavy (non-hydrogen) atoms. The minimum Gasteiger partial charge on any atom is -0.352 e. The standard InChI is InChI=1S/C18H28N2O2/c1-4-7-12-19-17(21)15-8-10-16(11-9-15)18(22)20(13-5-2)14-6-3/h8-11H,4-7,12-14H2,1-3H3,(H,19,21). The summed E-state index contributed by atoms with van der Waals surface area (Å²) in [6.07, 6.45) is 3.93. The predicted molar refractivity (Wildman–Crippen MR) is 90.2 cm³/mol. The number of carbonyl (C=O) groups excluding carboxylic acids is 2. The number of hydrogen-bond donors (Lipinski definition) is 1. The van der Waals surface area contributed by atoms with Crippen LogP contribution in [-0.2, 0) is 0 Å². The molecule has 0 radical (unpaired) electrons. The molecule has 0 atom stereocenters. The van der Waals surface area contributed by atoms with Gasteiger partial charge in [0.1, 0.15) is 0 Å². The number of carbonyl (C=O) groups is 2. The SMILES string of the molecule is CCCCNC(=O)c1ccc(C(=O)N(CCC)CCC)cc1. The van der Waals surface area contributed by atoms with Gasteiger partial charge in [-0.2, -0.15) is 0 Å². The normalized spacial score (nSPS) is 10.3. The summed E-state index contributed by atoms with van der Waals surface area (Å²) in [4.78, 5) is 26.2. The van der Waals surface area contributed by atoms with Gasteiger partial charge in [0.05, 0.1) is 0 Å². The molecule has 0 bridgehead atoms. The largest absolute Gasteiger partial charge is 0.352 e. The summed E-state index contributed by atoms with van der Waals surface area (Å²) >= 11 is 0. The summed E-state index contributed by atoms with van der Waals surface area (Å²) in [6.45, 7) is 8.46. The molecule has 122 valence electrons. The Balaban J connectivity index is 2.70. The average molecular weight is 304 g/mol. The van der Waals surface area contributed by atoms with Crippen molar-refractivity contribution >= 4 is 11.8 Å². The molecule has 0 saturated heterocycles. The Morgan fingerprint density at radius 1 is 0.909 bits per heavy atom. The zero-order valence-corrected chi connectivity index (χ0v) is 14.0. The van der Waals surface area contributed by atoms with E-state index in [2.05, 4.69) is 26.1 Å². The monoisotopic (exact) mass is 304 g/mol. The highest BCUT2D eigenvalue weighted by Crippen LogP contribution is 2.09. The third kappa shape index (κ3) is 5.51. The highest BCUT2D eigenvalue weighted by Gasteiger charge is 2.14. The van der Waals surface area contributed by atoms with Crippen LogP contribution < -0.4 is 5.32 Å². The van der Waals surface area contributed by atoms with E-state index in [1.165, 1.54) is 0 Å². The minimum atomic E-state index is -0.0774. The van der Waals surface area contributed by atoms with Gasteiger partial charge in [-0.15, -0.1) is 0 Å². The molecule has 1 N–H and O–H groups in total. The second-order valence-electron chi connectivity index (χ2n) is 5.48. The van der Waals surface area contributed by atoms with Crippen molar-refractivity contribution in [3.63, 3.8) is 0 Å². The Morgan fingerprint density at radius 3 is 1.95 bits per heavy atom. The summed E-state index contributed by atoms with van der Waals surface area (Å²) in [6, 6.07) is 6.94. The maximum atomic E-state index is 12.4. The molecule has 0 spiro atoms. The van der Waals surface area contributed by atoms with Crippen molar-refractivity contribution in [3.05, 3.63) is 35.4 Å². The van der Waals surface area contributed by atoms with E-state index in [4.69, 9.17) is 0 Å². The highest BCUT2D eigenvalue weighted by molar-refractivity contribution is 5.97. The van der Waals surface area contributed by atoms with E-state index in [0.29, 0.717) is 17.7 Å². The molecule has 4 nitrogen and oxygen atoms in total. The number of nitrogens with zero attached hydrogens (tertiary/aromatic N) is 1. The van der Waals surface area contributed by atoms with Gasteiger partial charge in [-0.25, -0.2) is 0 Å². The Morgan fingerprint density at radius 2 is 1.45 bits per heavy atom. The van der Waals surface area contributed by atoms with Crippen molar-refractivity contribution in [2.45, 2.75) is 46.5 Å². The average Bonchev–Trinajstić information content (AvgIpc) is 2.54. The van der Waals surface area contributed by atoms with E-state index >= 15 is 0 Å². The fourth-order valence-corrected chi connectivity index (χ4v) is 2.28. The predicted octanol–water partition coefficient (Wildman–Crippen LogP) is 3.48. The first-order valence-corrected chi connectivity index (χ1v) is 8.31. The maximum absolute atomic E-state index is 12.4. The molecule has 0 unspecified atom stereocenters. The van der Waals surface area contributed by atoms with Crippen LogP contribution in [0.1, 0.15) is 67.2 Å². The fourth-order valence-electron chi connectivity index (χ4n) is 2.28. The summed E-state index contributed by atoms with van der Waals surface area (Å²) in [7, 11) is 0. The van der Waals surface area contributed by atoms with Crippen LogP contribution in [0.15, 0.2) is 24.3 Å². The molecule has 0 saturated carbocycles. The van der Waals surface area contributed by atoms with Gasteiger partial charge in [-0.3, -0.25) is 9.59 Å². The number of nitrogens with one attached hydrogen (secondary N) is 1. The van der Waals surface area contributed by atoms with Gasteiger partial charge in [0.25, 0.3) is 11.8 Å². The molecule has 0 aliphatic carbocycles. The molecule has 4 heteroatoms. The van der Waals surface area contributed by atoms with Crippen LogP contribution >= 0.6 is 0 Å². The first kappa shape index (κ1) is 18.2. The molecule has 0 fully saturated rings. The van der Waals surface area contributed by atoms with Crippen LogP contribution in [0.4, 0.5) is 0 Å². The zero-order valence-electron chi connectivity index (χ0n) is 14.0. The van der Waals surface area contributed by atoms with Gasteiger partial charge < -0.3 is 10.2 Å². The van der Waals surface area contributed by atoms with Crippen molar-refractivity contribution in [1.82, 2.24) is 10.2 Å². The molecule has 0 aromatic heterocycles. The third-order valence-corrected chi connectivity index (χ3v) is 3.48. The van der Waals surface area contributed by atoms with Crippen LogP contribution in [0.2, 0.25) is 0 Å². The van der Waals surface area contributed by atoms with E-state index in [1.807, 2.05) is 4.90 Å². The van der Waals surface area contributed by atoms with E-state index < -0.39 is 0 Å². The van der Waals surface area contributed by atoms with Gasteiger partial charge in [0.15, 0.2) is 0 Å². The molecule has 1 rings (SSSR count). The lowest BCUT2D eigenvalue weighted by molar-refractivity contribution is 0.0755. The third-order valence-electron chi connectivity index (χ3n) is 3.48. The summed E-state index contributed by atoms with van der Waals surface area (Å²) in [5, 5.41) is 2.88. The fraction of sp³-hybridized carbons (Fsp3) is 0.556. The van der Waals surface area contributed by atoms with E-state index in [-0.39, 0.29) is 11.8 Å². The molecule has 0 aliphatic rings. The first-order valence-electron chi connectivity index (χ1n) is 8.31. The Bertz CT molecular complexity index is 462. The van der Waals surface area contributed by atoms with Crippen molar-refractivity contribution in [2.75, 3.05) is 19.6 Å². The van der Waals surface area contributed by atoms with Crippen molar-refractivity contribution in [3.8, 4) is 0 Å². The van der Waals surface area contributed by atoms with E-state index in [9.17, 15) is 9.59 Å². The summed E-state index contributed by atoms with van der Waals surface area (Å²) < 4.78 is 0. The van der Waals surface area contributed by atoms with Crippen LogP contribution in [-0.4, -0.2) is 36.3 Å². The minimum absolute atomic E-state index is 0.0432. The summed E-state index contributed by atoms with van der Waals surface area (Å²) in [5.41, 5.74) is 1.25. The molecule has 0 heterocycles. The van der Waals surface area contributed by atoms with Gasteiger partial charge in [-0.1, -0.05) is 27.2 Å². The zero-order chi connectivity index (χ0) is 16.4. The number of benzene rings is 1. The Kier molecular flexibility index (Phi) is 8.26. The molecule has 2 amide bonds. The second-order valence-corrected chi connectivity index (χ2v) is 5.48. The summed E-state index contributed by atoms with van der Waals surface area (Å²) in [5.74, 6) is -0.0342. The highest BCUT2D eigenvalue weighted by atomic mass is 16.2. The second kappa shape index (κ2) is 9.98. The molecular weight excluding hydrogens is 276 g/mol. The van der Waals surface area contributed by atoms with E-state index in [1.54, 1.807) is 24.3 Å². The quantitative estimate of drug-likeness (QED) is 0.710.